The lowest BCUT2D eigenvalue weighted by Crippen LogP contribution is -2.36. The number of pyridine rings is 1. The maximum atomic E-state index is 13.0. The van der Waals surface area contributed by atoms with Crippen molar-refractivity contribution in [3.05, 3.63) is 65.3 Å². The first-order chi connectivity index (χ1) is 15.2. The molecule has 2 aromatic heterocycles. The summed E-state index contributed by atoms with van der Waals surface area (Å²) in [6.45, 7) is 1.91. The fourth-order valence-corrected chi connectivity index (χ4v) is 3.75. The summed E-state index contributed by atoms with van der Waals surface area (Å²) < 4.78 is 11.1. The van der Waals surface area contributed by atoms with Crippen LogP contribution in [0.5, 0.6) is 0 Å². The molecular formula is C23H25ClN4O3. The van der Waals surface area contributed by atoms with Gasteiger partial charge in [0.2, 0.25) is 17.6 Å². The minimum atomic E-state index is 0.0943. The van der Waals surface area contributed by atoms with Crippen molar-refractivity contribution in [1.29, 1.82) is 0 Å². The van der Waals surface area contributed by atoms with Crippen molar-refractivity contribution in [1.82, 2.24) is 20.0 Å². The molecule has 1 aromatic carbocycles. The van der Waals surface area contributed by atoms with Crippen LogP contribution in [-0.2, 0) is 22.5 Å². The van der Waals surface area contributed by atoms with E-state index in [9.17, 15) is 4.79 Å². The fraction of sp³-hybridized carbons (Fsp3) is 0.391. The third kappa shape index (κ3) is 6.12. The van der Waals surface area contributed by atoms with Gasteiger partial charge in [-0.25, -0.2) is 0 Å². The van der Waals surface area contributed by atoms with Crippen LogP contribution in [0.25, 0.3) is 11.4 Å². The molecule has 3 aromatic rings. The van der Waals surface area contributed by atoms with Crippen molar-refractivity contribution in [3.8, 4) is 11.4 Å². The van der Waals surface area contributed by atoms with Gasteiger partial charge in [0.25, 0.3) is 0 Å². The normalized spacial score (nSPS) is 15.8. The highest BCUT2D eigenvalue weighted by molar-refractivity contribution is 6.30. The molecule has 31 heavy (non-hydrogen) atoms. The molecule has 0 N–H and O–H groups in total. The van der Waals surface area contributed by atoms with Crippen LogP contribution in [0.1, 0.15) is 37.1 Å². The molecule has 1 atom stereocenters. The van der Waals surface area contributed by atoms with Gasteiger partial charge in [0.05, 0.1) is 6.10 Å². The molecule has 0 saturated carbocycles. The second-order valence-electron chi connectivity index (χ2n) is 7.64. The second-order valence-corrected chi connectivity index (χ2v) is 8.08. The van der Waals surface area contributed by atoms with E-state index in [1.807, 2.05) is 29.2 Å². The standard InChI is InChI=1S/C23H25ClN4O3/c24-19-10-8-18(9-11-19)23-26-21(31-27-23)6-1-7-22(29)28(16-20-5-3-13-30-20)15-17-4-2-12-25-14-17/h2,4,8-12,14,20H,1,3,5-7,13,15-16H2. The third-order valence-electron chi connectivity index (χ3n) is 5.25. The van der Waals surface area contributed by atoms with Crippen LogP contribution in [0.4, 0.5) is 0 Å². The van der Waals surface area contributed by atoms with E-state index in [1.54, 1.807) is 24.5 Å². The summed E-state index contributed by atoms with van der Waals surface area (Å²) in [4.78, 5) is 23.4. The molecule has 0 bridgehead atoms. The van der Waals surface area contributed by atoms with Gasteiger partial charge in [-0.3, -0.25) is 9.78 Å². The number of aromatic nitrogens is 3. The molecule has 1 unspecified atom stereocenters. The topological polar surface area (TPSA) is 81.4 Å². The van der Waals surface area contributed by atoms with Crippen molar-refractivity contribution >= 4 is 17.5 Å². The lowest BCUT2D eigenvalue weighted by molar-refractivity contribution is -0.133. The molecule has 0 radical (unpaired) electrons. The highest BCUT2D eigenvalue weighted by Gasteiger charge is 2.23. The van der Waals surface area contributed by atoms with Crippen molar-refractivity contribution in [2.24, 2.45) is 0 Å². The van der Waals surface area contributed by atoms with Crippen molar-refractivity contribution in [2.75, 3.05) is 13.2 Å². The van der Waals surface area contributed by atoms with Crippen LogP contribution in [0.3, 0.4) is 0 Å². The molecule has 1 fully saturated rings. The predicted molar refractivity (Wildman–Crippen MR) is 116 cm³/mol. The highest BCUT2D eigenvalue weighted by atomic mass is 35.5. The molecule has 162 valence electrons. The Morgan fingerprint density at radius 2 is 2.10 bits per heavy atom. The number of hydrogen-bond acceptors (Lipinski definition) is 6. The first-order valence-corrected chi connectivity index (χ1v) is 10.9. The number of nitrogens with zero attached hydrogens (tertiary/aromatic N) is 4. The van der Waals surface area contributed by atoms with Crippen LogP contribution in [0.15, 0.2) is 53.3 Å². The van der Waals surface area contributed by atoms with Gasteiger partial charge < -0.3 is 14.2 Å². The molecule has 1 saturated heterocycles. The maximum absolute atomic E-state index is 13.0. The number of amides is 1. The summed E-state index contributed by atoms with van der Waals surface area (Å²) in [5.41, 5.74) is 1.85. The van der Waals surface area contributed by atoms with E-state index in [2.05, 4.69) is 15.1 Å². The highest BCUT2D eigenvalue weighted by Crippen LogP contribution is 2.20. The zero-order valence-corrected chi connectivity index (χ0v) is 18.0. The van der Waals surface area contributed by atoms with Crippen LogP contribution in [0.2, 0.25) is 5.02 Å². The van der Waals surface area contributed by atoms with Gasteiger partial charge in [-0.1, -0.05) is 22.8 Å². The first-order valence-electron chi connectivity index (χ1n) is 10.5. The molecule has 1 aliphatic heterocycles. The van der Waals surface area contributed by atoms with Crippen molar-refractivity contribution in [2.45, 2.75) is 44.8 Å². The zero-order valence-electron chi connectivity index (χ0n) is 17.2. The molecule has 1 amide bonds. The van der Waals surface area contributed by atoms with Crippen LogP contribution in [0, 0.1) is 0 Å². The molecule has 7 nitrogen and oxygen atoms in total. The Labute approximate surface area is 186 Å². The smallest absolute Gasteiger partial charge is 0.226 e. The van der Waals surface area contributed by atoms with Crippen molar-refractivity contribution < 1.29 is 14.1 Å². The van der Waals surface area contributed by atoms with Gasteiger partial charge in [0.1, 0.15) is 0 Å². The number of aryl methyl sites for hydroxylation is 1. The minimum absolute atomic E-state index is 0.0943. The Bertz CT molecular complexity index is 972. The maximum Gasteiger partial charge on any atom is 0.226 e. The SMILES string of the molecule is O=C(CCCc1nc(-c2ccc(Cl)cc2)no1)N(Cc1cccnc1)CC1CCCO1. The molecule has 8 heteroatoms. The number of rotatable bonds is 9. The van der Waals surface area contributed by atoms with Gasteiger partial charge in [0, 0.05) is 55.5 Å². The number of halogens is 1. The van der Waals surface area contributed by atoms with Crippen LogP contribution >= 0.6 is 11.6 Å². The van der Waals surface area contributed by atoms with E-state index >= 15 is 0 Å². The molecule has 3 heterocycles. The number of ether oxygens (including phenoxy) is 1. The predicted octanol–water partition coefficient (Wildman–Crippen LogP) is 4.32. The van der Waals surface area contributed by atoms with Crippen molar-refractivity contribution in [3.63, 3.8) is 0 Å². The summed E-state index contributed by atoms with van der Waals surface area (Å²) >= 11 is 5.92. The van der Waals surface area contributed by atoms with E-state index in [0.717, 1.165) is 30.6 Å². The van der Waals surface area contributed by atoms with E-state index in [-0.39, 0.29) is 12.0 Å². The summed E-state index contributed by atoms with van der Waals surface area (Å²) in [5, 5.41) is 4.68. The quantitative estimate of drug-likeness (QED) is 0.493. The Hall–Kier alpha value is -2.77. The van der Waals surface area contributed by atoms with Gasteiger partial charge in [-0.2, -0.15) is 4.98 Å². The summed E-state index contributed by atoms with van der Waals surface area (Å²) in [6, 6.07) is 11.1. The lowest BCUT2D eigenvalue weighted by atomic mass is 10.1. The number of benzene rings is 1. The van der Waals surface area contributed by atoms with E-state index in [4.69, 9.17) is 20.9 Å². The van der Waals surface area contributed by atoms with E-state index in [1.165, 1.54) is 0 Å². The number of hydrogen-bond donors (Lipinski definition) is 0. The minimum Gasteiger partial charge on any atom is -0.376 e. The van der Waals surface area contributed by atoms with E-state index in [0.29, 0.717) is 49.1 Å². The van der Waals surface area contributed by atoms with Gasteiger partial charge in [0.15, 0.2) is 0 Å². The summed E-state index contributed by atoms with van der Waals surface area (Å²) in [7, 11) is 0. The van der Waals surface area contributed by atoms with Crippen LogP contribution < -0.4 is 0 Å². The first kappa shape index (κ1) is 21.5. The van der Waals surface area contributed by atoms with E-state index < -0.39 is 0 Å². The molecule has 4 rings (SSSR count). The monoisotopic (exact) mass is 440 g/mol. The molecule has 1 aliphatic rings. The Balaban J connectivity index is 1.32. The second kappa shape index (κ2) is 10.5. The third-order valence-corrected chi connectivity index (χ3v) is 5.50. The van der Waals surface area contributed by atoms with Crippen LogP contribution in [-0.4, -0.2) is 45.2 Å². The number of carbonyl (C=O) groups is 1. The largest absolute Gasteiger partial charge is 0.376 e. The average Bonchev–Trinajstić information content (AvgIpc) is 3.47. The zero-order chi connectivity index (χ0) is 21.5. The Morgan fingerprint density at radius 3 is 2.84 bits per heavy atom. The summed E-state index contributed by atoms with van der Waals surface area (Å²) in [6.07, 6.45) is 7.28. The number of carbonyl (C=O) groups excluding carboxylic acids is 1. The van der Waals surface area contributed by atoms with Gasteiger partial charge in [-0.15, -0.1) is 0 Å². The molecule has 0 spiro atoms. The summed E-state index contributed by atoms with van der Waals surface area (Å²) in [5.74, 6) is 1.14. The van der Waals surface area contributed by atoms with Gasteiger partial charge in [-0.05, 0) is 55.2 Å². The fourth-order valence-electron chi connectivity index (χ4n) is 3.62. The van der Waals surface area contributed by atoms with Gasteiger partial charge >= 0.3 is 0 Å². The average molecular weight is 441 g/mol. The molecular weight excluding hydrogens is 416 g/mol. The Morgan fingerprint density at radius 1 is 1.23 bits per heavy atom. The lowest BCUT2D eigenvalue weighted by Gasteiger charge is -2.25. The Kier molecular flexibility index (Phi) is 7.27. The molecule has 0 aliphatic carbocycles.